The number of fused-ring (bicyclic) bond motifs is 1. The van der Waals surface area contributed by atoms with Crippen LogP contribution in [0.25, 0.3) is 16.6 Å². The maximum Gasteiger partial charge on any atom is 0.268 e. The topological polar surface area (TPSA) is 90.4 Å². The fourth-order valence-electron chi connectivity index (χ4n) is 3.62. The second kappa shape index (κ2) is 8.62. The van der Waals surface area contributed by atoms with E-state index in [0.717, 1.165) is 0 Å². The molecule has 0 unspecified atom stereocenters. The number of nitrogens with zero attached hydrogens (tertiary/aromatic N) is 2. The molecular formula is C23H23FN4O4. The maximum atomic E-state index is 14.6. The quantitative estimate of drug-likeness (QED) is 0.459. The van der Waals surface area contributed by atoms with Gasteiger partial charge in [-0.1, -0.05) is 6.07 Å². The molecule has 2 aromatic heterocycles. The number of amides is 1. The Kier molecular flexibility index (Phi) is 5.72. The normalized spacial score (nSPS) is 10.9. The Morgan fingerprint density at radius 1 is 1.12 bits per heavy atom. The molecule has 2 N–H and O–H groups in total. The number of methoxy groups -OCH3 is 3. The van der Waals surface area contributed by atoms with Crippen molar-refractivity contribution in [3.8, 4) is 22.9 Å². The third-order valence-corrected chi connectivity index (χ3v) is 5.24. The van der Waals surface area contributed by atoms with Crippen molar-refractivity contribution in [1.29, 1.82) is 0 Å². The number of carbonyl (C=O) groups excluding carboxylic acids is 1. The Morgan fingerprint density at radius 2 is 1.91 bits per heavy atom. The summed E-state index contributed by atoms with van der Waals surface area (Å²) in [4.78, 5) is 19.9. The van der Waals surface area contributed by atoms with Crippen LogP contribution in [0.3, 0.4) is 0 Å². The van der Waals surface area contributed by atoms with Crippen LogP contribution in [0.1, 0.15) is 21.9 Å². The molecule has 4 aromatic rings. The van der Waals surface area contributed by atoms with E-state index in [0.29, 0.717) is 50.9 Å². The van der Waals surface area contributed by atoms with E-state index in [2.05, 4.69) is 15.3 Å². The highest BCUT2D eigenvalue weighted by atomic mass is 19.1. The monoisotopic (exact) mass is 438 g/mol. The van der Waals surface area contributed by atoms with Gasteiger partial charge in [-0.2, -0.15) is 0 Å². The Morgan fingerprint density at radius 3 is 2.53 bits per heavy atom. The van der Waals surface area contributed by atoms with Gasteiger partial charge in [0.15, 0.2) is 11.5 Å². The number of ether oxygens (including phenoxy) is 3. The van der Waals surface area contributed by atoms with Crippen molar-refractivity contribution in [3.05, 3.63) is 65.6 Å². The lowest BCUT2D eigenvalue weighted by Gasteiger charge is -2.11. The molecule has 0 spiro atoms. The van der Waals surface area contributed by atoms with E-state index < -0.39 is 5.82 Å². The molecule has 0 bridgehead atoms. The number of H-pyrrole nitrogens is 1. The first-order valence-electron chi connectivity index (χ1n) is 9.85. The molecule has 0 aliphatic heterocycles. The lowest BCUT2D eigenvalue weighted by molar-refractivity contribution is 0.0946. The highest BCUT2D eigenvalue weighted by Crippen LogP contribution is 2.41. The van der Waals surface area contributed by atoms with Gasteiger partial charge in [-0.05, 0) is 30.7 Å². The summed E-state index contributed by atoms with van der Waals surface area (Å²) in [6.45, 7) is 1.96. The largest absolute Gasteiger partial charge is 0.496 e. The van der Waals surface area contributed by atoms with Crippen molar-refractivity contribution in [2.45, 2.75) is 13.5 Å². The highest BCUT2D eigenvalue weighted by Gasteiger charge is 2.19. The molecule has 166 valence electrons. The lowest BCUT2D eigenvalue weighted by atomic mass is 10.2. The van der Waals surface area contributed by atoms with Crippen molar-refractivity contribution in [2.75, 3.05) is 21.3 Å². The van der Waals surface area contributed by atoms with Gasteiger partial charge in [-0.3, -0.25) is 4.79 Å². The summed E-state index contributed by atoms with van der Waals surface area (Å²) in [5.41, 5.74) is 1.93. The van der Waals surface area contributed by atoms with Gasteiger partial charge in [0.25, 0.3) is 5.91 Å². The third-order valence-electron chi connectivity index (χ3n) is 5.24. The van der Waals surface area contributed by atoms with Crippen LogP contribution in [-0.2, 0) is 6.54 Å². The summed E-state index contributed by atoms with van der Waals surface area (Å²) in [5, 5.41) is 3.49. The van der Waals surface area contributed by atoms with Crippen LogP contribution < -0.4 is 19.5 Å². The number of carbonyl (C=O) groups is 1. The number of halogens is 1. The van der Waals surface area contributed by atoms with E-state index in [4.69, 9.17) is 14.2 Å². The lowest BCUT2D eigenvalue weighted by Crippen LogP contribution is -2.23. The summed E-state index contributed by atoms with van der Waals surface area (Å²) in [7, 11) is 4.59. The van der Waals surface area contributed by atoms with Gasteiger partial charge in [0.1, 0.15) is 23.1 Å². The Balaban J connectivity index is 1.56. The Hall–Kier alpha value is -4.01. The fourth-order valence-corrected chi connectivity index (χ4v) is 3.62. The van der Waals surface area contributed by atoms with Crippen molar-refractivity contribution in [3.63, 3.8) is 0 Å². The van der Waals surface area contributed by atoms with Gasteiger partial charge in [0.2, 0.25) is 0 Å². The molecule has 0 radical (unpaired) electrons. The van der Waals surface area contributed by atoms with Crippen LogP contribution in [0.2, 0.25) is 0 Å². The summed E-state index contributed by atoms with van der Waals surface area (Å²) < 4.78 is 32.5. The number of aromatic nitrogens is 3. The Labute approximate surface area is 183 Å². The predicted octanol–water partition coefficient (Wildman–Crippen LogP) is 3.76. The molecule has 0 atom stereocenters. The van der Waals surface area contributed by atoms with Crippen molar-refractivity contribution >= 4 is 16.8 Å². The summed E-state index contributed by atoms with van der Waals surface area (Å²) >= 11 is 0. The van der Waals surface area contributed by atoms with Crippen LogP contribution in [0.15, 0.2) is 42.7 Å². The van der Waals surface area contributed by atoms with Gasteiger partial charge in [0.05, 0.1) is 32.5 Å². The van der Waals surface area contributed by atoms with Gasteiger partial charge in [-0.25, -0.2) is 9.37 Å². The average molecular weight is 438 g/mol. The summed E-state index contributed by atoms with van der Waals surface area (Å²) in [6, 6.07) is 8.20. The summed E-state index contributed by atoms with van der Waals surface area (Å²) in [6.07, 6.45) is 3.31. The first-order valence-corrected chi connectivity index (χ1v) is 9.85. The number of aryl methyl sites for hydroxylation is 1. The zero-order chi connectivity index (χ0) is 22.8. The van der Waals surface area contributed by atoms with Gasteiger partial charge >= 0.3 is 0 Å². The average Bonchev–Trinajstić information content (AvgIpc) is 3.43. The third kappa shape index (κ3) is 3.73. The number of rotatable bonds is 7. The van der Waals surface area contributed by atoms with E-state index >= 15 is 0 Å². The first-order chi connectivity index (χ1) is 15.5. The zero-order valence-electron chi connectivity index (χ0n) is 18.2. The number of nitrogens with one attached hydrogen (secondary N) is 2. The van der Waals surface area contributed by atoms with Crippen LogP contribution in [0, 0.1) is 12.7 Å². The highest BCUT2D eigenvalue weighted by molar-refractivity contribution is 6.02. The second-order valence-corrected chi connectivity index (χ2v) is 7.10. The number of imidazole rings is 1. The molecule has 9 heteroatoms. The fraction of sp³-hybridized carbons (Fsp3) is 0.217. The van der Waals surface area contributed by atoms with Gasteiger partial charge in [-0.15, -0.1) is 0 Å². The molecule has 4 rings (SSSR count). The molecule has 0 aliphatic rings. The SMILES string of the molecule is COc1cc(OC)c2cc(C(=O)NCc3ccc(-n4ccnc4C)c(F)c3)[nH]c2c1OC. The zero-order valence-corrected chi connectivity index (χ0v) is 18.2. The molecular weight excluding hydrogens is 415 g/mol. The van der Waals surface area contributed by atoms with Crippen LogP contribution in [0.4, 0.5) is 4.39 Å². The van der Waals surface area contributed by atoms with E-state index in [9.17, 15) is 9.18 Å². The molecule has 0 fully saturated rings. The molecule has 1 amide bonds. The smallest absolute Gasteiger partial charge is 0.268 e. The molecule has 32 heavy (non-hydrogen) atoms. The molecule has 0 saturated carbocycles. The van der Waals surface area contributed by atoms with E-state index in [-0.39, 0.29) is 12.5 Å². The van der Waals surface area contributed by atoms with Crippen LogP contribution in [-0.4, -0.2) is 41.8 Å². The van der Waals surface area contributed by atoms with Crippen molar-refractivity contribution in [1.82, 2.24) is 19.9 Å². The van der Waals surface area contributed by atoms with Crippen molar-refractivity contribution < 1.29 is 23.4 Å². The van der Waals surface area contributed by atoms with Crippen LogP contribution >= 0.6 is 0 Å². The van der Waals surface area contributed by atoms with Gasteiger partial charge < -0.3 is 29.1 Å². The second-order valence-electron chi connectivity index (χ2n) is 7.10. The van der Waals surface area contributed by atoms with E-state index in [1.54, 1.807) is 48.1 Å². The minimum atomic E-state index is -0.398. The van der Waals surface area contributed by atoms with Crippen LogP contribution in [0.5, 0.6) is 17.2 Å². The Bertz CT molecular complexity index is 1290. The van der Waals surface area contributed by atoms with E-state index in [1.807, 2.05) is 0 Å². The molecule has 0 saturated heterocycles. The van der Waals surface area contributed by atoms with Crippen molar-refractivity contribution in [2.24, 2.45) is 0 Å². The number of hydrogen-bond acceptors (Lipinski definition) is 5. The number of hydrogen-bond donors (Lipinski definition) is 2. The molecule has 2 heterocycles. The number of benzene rings is 2. The number of aromatic amines is 1. The summed E-state index contributed by atoms with van der Waals surface area (Å²) in [5.74, 6) is 1.43. The molecule has 8 nitrogen and oxygen atoms in total. The minimum Gasteiger partial charge on any atom is -0.496 e. The first kappa shape index (κ1) is 21.2. The standard InChI is InChI=1S/C23H23FN4O4/c1-13-25-7-8-28(13)18-6-5-14(9-16(18)24)12-26-23(29)17-10-15-19(30-2)11-20(31-3)22(32-4)21(15)27-17/h5-11,27H,12H2,1-4H3,(H,26,29). The molecule has 0 aliphatic carbocycles. The predicted molar refractivity (Wildman–Crippen MR) is 117 cm³/mol. The van der Waals surface area contributed by atoms with E-state index in [1.165, 1.54) is 27.4 Å². The minimum absolute atomic E-state index is 0.159. The molecule has 2 aromatic carbocycles. The maximum absolute atomic E-state index is 14.6. The van der Waals surface area contributed by atoms with Gasteiger partial charge in [0, 0.05) is 30.4 Å².